The fraction of sp³-hybridized carbons (Fsp3) is 0.350. The first-order valence-corrected chi connectivity index (χ1v) is 8.76. The fourth-order valence-corrected chi connectivity index (χ4v) is 2.96. The van der Waals surface area contributed by atoms with Crippen LogP contribution in [0.1, 0.15) is 18.9 Å². The molecule has 136 valence electrons. The third-order valence-corrected chi connectivity index (χ3v) is 4.53. The largest absolute Gasteiger partial charge is 0.479 e. The van der Waals surface area contributed by atoms with Crippen molar-refractivity contribution >= 4 is 17.5 Å². The molecule has 0 spiro atoms. The number of anilines is 1. The molecule has 1 aromatic carbocycles. The van der Waals surface area contributed by atoms with E-state index in [4.69, 9.17) is 4.74 Å². The van der Waals surface area contributed by atoms with E-state index in [-0.39, 0.29) is 18.2 Å². The lowest BCUT2D eigenvalue weighted by Gasteiger charge is -2.33. The topological polar surface area (TPSA) is 62.7 Å². The molecule has 3 rings (SSSR count). The Bertz CT molecular complexity index is 779. The minimum absolute atomic E-state index is 0.0171. The average molecular weight is 353 g/mol. The molecule has 2 heterocycles. The Morgan fingerprint density at radius 1 is 1.23 bits per heavy atom. The summed E-state index contributed by atoms with van der Waals surface area (Å²) < 4.78 is 5.62. The molecule has 2 amide bonds. The van der Waals surface area contributed by atoms with Crippen LogP contribution in [0.2, 0.25) is 0 Å². The Morgan fingerprint density at radius 2 is 1.96 bits per heavy atom. The van der Waals surface area contributed by atoms with Crippen molar-refractivity contribution in [2.45, 2.75) is 25.9 Å². The summed E-state index contributed by atoms with van der Waals surface area (Å²) in [4.78, 5) is 32.3. The molecular formula is C20H23N3O3. The number of rotatable bonds is 6. The lowest BCUT2D eigenvalue weighted by Crippen LogP contribution is -2.46. The highest BCUT2D eigenvalue weighted by Crippen LogP contribution is 2.33. The number of pyridine rings is 1. The predicted molar refractivity (Wildman–Crippen MR) is 99.1 cm³/mol. The minimum atomic E-state index is -0.538. The number of fused-ring (bicyclic) bond motifs is 1. The number of hydrogen-bond donors (Lipinski definition) is 0. The lowest BCUT2D eigenvalue weighted by molar-refractivity contribution is -0.130. The summed E-state index contributed by atoms with van der Waals surface area (Å²) in [6, 6.07) is 11.3. The van der Waals surface area contributed by atoms with Gasteiger partial charge in [0.05, 0.1) is 5.69 Å². The number of para-hydroxylation sites is 2. The van der Waals surface area contributed by atoms with Crippen molar-refractivity contribution in [2.75, 3.05) is 25.0 Å². The first-order valence-electron chi connectivity index (χ1n) is 8.76. The van der Waals surface area contributed by atoms with Crippen molar-refractivity contribution in [3.8, 4) is 5.75 Å². The number of aromatic nitrogens is 1. The Balaban J connectivity index is 1.57. The van der Waals surface area contributed by atoms with E-state index < -0.39 is 6.10 Å². The SMILES string of the molecule is CC1Oc2ccccc2N(CCC(=O)N(C)CCc2ccncc2)C1=O. The minimum Gasteiger partial charge on any atom is -0.479 e. The zero-order valence-corrected chi connectivity index (χ0v) is 15.1. The standard InChI is InChI=1S/C20H23N3O3/c1-15-20(25)23(17-5-3-4-6-18(17)26-15)14-10-19(24)22(2)13-9-16-7-11-21-12-8-16/h3-8,11-12,15H,9-10,13-14H2,1-2H3. The Hall–Kier alpha value is -2.89. The van der Waals surface area contributed by atoms with Crippen LogP contribution in [0, 0.1) is 0 Å². The summed E-state index contributed by atoms with van der Waals surface area (Å²) in [6.07, 6.45) is 4.02. The highest BCUT2D eigenvalue weighted by Gasteiger charge is 2.31. The van der Waals surface area contributed by atoms with E-state index in [0.29, 0.717) is 18.8 Å². The second-order valence-corrected chi connectivity index (χ2v) is 6.39. The van der Waals surface area contributed by atoms with Gasteiger partial charge in [-0.3, -0.25) is 14.6 Å². The van der Waals surface area contributed by atoms with Gasteiger partial charge in [-0.15, -0.1) is 0 Å². The van der Waals surface area contributed by atoms with Crippen LogP contribution in [-0.4, -0.2) is 47.9 Å². The van der Waals surface area contributed by atoms with Gasteiger partial charge in [0.1, 0.15) is 5.75 Å². The van der Waals surface area contributed by atoms with Crippen LogP contribution in [0.25, 0.3) is 0 Å². The smallest absolute Gasteiger partial charge is 0.267 e. The zero-order valence-electron chi connectivity index (χ0n) is 15.1. The molecule has 2 aromatic rings. The average Bonchev–Trinajstić information content (AvgIpc) is 2.67. The number of carbonyl (C=O) groups is 2. The van der Waals surface area contributed by atoms with Gasteiger partial charge in [0, 0.05) is 39.0 Å². The maximum atomic E-state index is 12.5. The monoisotopic (exact) mass is 353 g/mol. The van der Waals surface area contributed by atoms with Crippen LogP contribution >= 0.6 is 0 Å². The van der Waals surface area contributed by atoms with E-state index >= 15 is 0 Å². The van der Waals surface area contributed by atoms with Crippen LogP contribution in [0.15, 0.2) is 48.8 Å². The summed E-state index contributed by atoms with van der Waals surface area (Å²) in [5.74, 6) is 0.581. The molecule has 0 aliphatic carbocycles. The summed E-state index contributed by atoms with van der Waals surface area (Å²) >= 11 is 0. The molecule has 1 unspecified atom stereocenters. The summed E-state index contributed by atoms with van der Waals surface area (Å²) in [7, 11) is 1.79. The van der Waals surface area contributed by atoms with E-state index in [1.54, 1.807) is 36.2 Å². The molecule has 0 radical (unpaired) electrons. The molecule has 1 aliphatic rings. The number of carbonyl (C=O) groups excluding carboxylic acids is 2. The number of ether oxygens (including phenoxy) is 1. The summed E-state index contributed by atoms with van der Waals surface area (Å²) in [5.41, 5.74) is 1.87. The number of hydrogen-bond acceptors (Lipinski definition) is 4. The second kappa shape index (κ2) is 7.99. The van der Waals surface area contributed by atoms with Crippen molar-refractivity contribution in [1.29, 1.82) is 0 Å². The van der Waals surface area contributed by atoms with E-state index in [1.807, 2.05) is 36.4 Å². The molecule has 0 saturated carbocycles. The van der Waals surface area contributed by atoms with Gasteiger partial charge in [-0.1, -0.05) is 12.1 Å². The van der Waals surface area contributed by atoms with Gasteiger partial charge in [0.15, 0.2) is 6.10 Å². The van der Waals surface area contributed by atoms with E-state index in [9.17, 15) is 9.59 Å². The molecule has 0 bridgehead atoms. The van der Waals surface area contributed by atoms with Crippen LogP contribution < -0.4 is 9.64 Å². The Kier molecular flexibility index (Phi) is 5.51. The first-order chi connectivity index (χ1) is 12.6. The molecule has 0 fully saturated rings. The van der Waals surface area contributed by atoms with Gasteiger partial charge in [-0.05, 0) is 43.2 Å². The Morgan fingerprint density at radius 3 is 2.73 bits per heavy atom. The first kappa shape index (κ1) is 17.9. The maximum Gasteiger partial charge on any atom is 0.267 e. The molecule has 6 heteroatoms. The van der Waals surface area contributed by atoms with Crippen molar-refractivity contribution < 1.29 is 14.3 Å². The predicted octanol–water partition coefficient (Wildman–Crippen LogP) is 2.29. The zero-order chi connectivity index (χ0) is 18.5. The Labute approximate surface area is 153 Å². The number of benzene rings is 1. The number of likely N-dealkylation sites (N-methyl/N-ethyl adjacent to an activating group) is 1. The van der Waals surface area contributed by atoms with E-state index in [0.717, 1.165) is 17.7 Å². The van der Waals surface area contributed by atoms with Crippen LogP contribution in [-0.2, 0) is 16.0 Å². The van der Waals surface area contributed by atoms with Crippen LogP contribution in [0.3, 0.4) is 0 Å². The van der Waals surface area contributed by atoms with Gasteiger partial charge in [-0.2, -0.15) is 0 Å². The van der Waals surface area contributed by atoms with E-state index in [1.165, 1.54) is 0 Å². The summed E-state index contributed by atoms with van der Waals surface area (Å²) in [5, 5.41) is 0. The van der Waals surface area contributed by atoms with Gasteiger partial charge < -0.3 is 14.5 Å². The van der Waals surface area contributed by atoms with Gasteiger partial charge in [0.2, 0.25) is 5.91 Å². The second-order valence-electron chi connectivity index (χ2n) is 6.39. The van der Waals surface area contributed by atoms with Crippen molar-refractivity contribution in [3.63, 3.8) is 0 Å². The van der Waals surface area contributed by atoms with Crippen LogP contribution in [0.4, 0.5) is 5.69 Å². The molecule has 0 N–H and O–H groups in total. The van der Waals surface area contributed by atoms with Crippen molar-refractivity contribution in [3.05, 3.63) is 54.4 Å². The van der Waals surface area contributed by atoms with Crippen molar-refractivity contribution in [1.82, 2.24) is 9.88 Å². The molecule has 0 saturated heterocycles. The van der Waals surface area contributed by atoms with Gasteiger partial charge in [0.25, 0.3) is 5.91 Å². The van der Waals surface area contributed by atoms with Gasteiger partial charge >= 0.3 is 0 Å². The number of nitrogens with zero attached hydrogens (tertiary/aromatic N) is 3. The fourth-order valence-electron chi connectivity index (χ4n) is 2.96. The lowest BCUT2D eigenvalue weighted by atomic mass is 10.1. The third-order valence-electron chi connectivity index (χ3n) is 4.53. The molecule has 6 nitrogen and oxygen atoms in total. The van der Waals surface area contributed by atoms with E-state index in [2.05, 4.69) is 4.98 Å². The molecule has 1 aliphatic heterocycles. The quantitative estimate of drug-likeness (QED) is 0.799. The molecule has 1 atom stereocenters. The molecular weight excluding hydrogens is 330 g/mol. The number of amides is 2. The van der Waals surface area contributed by atoms with Gasteiger partial charge in [-0.25, -0.2) is 0 Å². The highest BCUT2D eigenvalue weighted by atomic mass is 16.5. The summed E-state index contributed by atoms with van der Waals surface area (Å²) in [6.45, 7) is 2.71. The molecule has 1 aromatic heterocycles. The van der Waals surface area contributed by atoms with Crippen molar-refractivity contribution in [2.24, 2.45) is 0 Å². The normalized spacial score (nSPS) is 16.0. The molecule has 26 heavy (non-hydrogen) atoms. The highest BCUT2D eigenvalue weighted by molar-refractivity contribution is 6.00. The van der Waals surface area contributed by atoms with Crippen LogP contribution in [0.5, 0.6) is 5.75 Å². The maximum absolute atomic E-state index is 12.5. The third kappa shape index (κ3) is 4.02.